The fourth-order valence-corrected chi connectivity index (χ4v) is 7.36. The molecule has 10 rings (SSSR count). The van der Waals surface area contributed by atoms with E-state index in [9.17, 15) is 1.37 Å². The van der Waals surface area contributed by atoms with Crippen molar-refractivity contribution in [1.29, 1.82) is 0 Å². The maximum atomic E-state index is 9.27. The van der Waals surface area contributed by atoms with Gasteiger partial charge in [0.2, 0.25) is 0 Å². The minimum Gasteiger partial charge on any atom is -0.310 e. The van der Waals surface area contributed by atoms with Gasteiger partial charge in [0.25, 0.3) is 0 Å². The molecule has 2 nitrogen and oxygen atoms in total. The molecule has 10 aromatic rings. The van der Waals surface area contributed by atoms with E-state index in [0.717, 1.165) is 66.5 Å². The van der Waals surface area contributed by atoms with E-state index >= 15 is 0 Å². The third-order valence-electron chi connectivity index (χ3n) is 9.78. The zero-order valence-electron chi connectivity index (χ0n) is 35.0. The topological polar surface area (TPSA) is 8.17 Å². The average Bonchev–Trinajstić information content (AvgIpc) is 3.62. The van der Waals surface area contributed by atoms with Crippen molar-refractivity contribution in [3.63, 3.8) is 0 Å². The zero-order valence-corrected chi connectivity index (χ0v) is 28.0. The highest BCUT2D eigenvalue weighted by atomic mass is 15.1. The number of fused-ring (bicyclic) bond motifs is 6. The first-order valence-electron chi connectivity index (χ1n) is 20.8. The van der Waals surface area contributed by atoms with E-state index in [-0.39, 0.29) is 34.5 Å². The molecule has 0 amide bonds. The van der Waals surface area contributed by atoms with Gasteiger partial charge in [-0.3, -0.25) is 0 Å². The van der Waals surface area contributed by atoms with E-state index in [2.05, 4.69) is 125 Å². The van der Waals surface area contributed by atoms with Gasteiger partial charge < -0.3 is 9.47 Å². The van der Waals surface area contributed by atoms with E-state index < -0.39 is 24.2 Å². The van der Waals surface area contributed by atoms with Crippen LogP contribution in [0.15, 0.2) is 206 Å². The van der Waals surface area contributed by atoms with Crippen LogP contribution in [0.5, 0.6) is 0 Å². The molecule has 0 spiro atoms. The number of benzene rings is 9. The van der Waals surface area contributed by atoms with E-state index in [0.29, 0.717) is 5.56 Å². The molecule has 0 aliphatic heterocycles. The van der Waals surface area contributed by atoms with Gasteiger partial charge in [-0.25, -0.2) is 0 Å². The summed E-state index contributed by atoms with van der Waals surface area (Å²) in [5.74, 6) is 0. The van der Waals surface area contributed by atoms with Crippen molar-refractivity contribution < 1.29 is 9.60 Å². The smallest absolute Gasteiger partial charge is 0.0636 e. The van der Waals surface area contributed by atoms with E-state index in [4.69, 9.17) is 8.22 Å². The largest absolute Gasteiger partial charge is 0.310 e. The van der Waals surface area contributed by atoms with E-state index in [1.54, 1.807) is 6.07 Å². The fraction of sp³-hybridized carbons (Fsp3) is 0. The van der Waals surface area contributed by atoms with Crippen LogP contribution in [-0.4, -0.2) is 4.57 Å². The Hall–Kier alpha value is -6.90. The minimum atomic E-state index is -0.490. The first-order chi connectivity index (χ1) is 28.7. The number of hydrogen-bond acceptors (Lipinski definition) is 1. The predicted molar refractivity (Wildman–Crippen MR) is 221 cm³/mol. The van der Waals surface area contributed by atoms with Crippen molar-refractivity contribution in [3.8, 4) is 27.9 Å². The highest BCUT2D eigenvalue weighted by Crippen LogP contribution is 2.42. The first-order valence-corrected chi connectivity index (χ1v) is 17.3. The van der Waals surface area contributed by atoms with Crippen LogP contribution in [0.4, 0.5) is 17.1 Å². The molecular formula is C50H34N2. The molecule has 1 heterocycles. The number of rotatable bonds is 6. The third kappa shape index (κ3) is 5.12. The lowest BCUT2D eigenvalue weighted by molar-refractivity contribution is 1.19. The molecule has 0 atom stereocenters. The lowest BCUT2D eigenvalue weighted by Gasteiger charge is -2.27. The predicted octanol–water partition coefficient (Wildman–Crippen LogP) is 13.9. The number of para-hydroxylation sites is 2. The Labute approximate surface area is 312 Å². The van der Waals surface area contributed by atoms with Crippen molar-refractivity contribution in [2.75, 3.05) is 4.90 Å². The lowest BCUT2D eigenvalue weighted by atomic mass is 10.00. The summed E-state index contributed by atoms with van der Waals surface area (Å²) in [4.78, 5) is 2.15. The molecule has 244 valence electrons. The molecule has 1 aromatic heterocycles. The Kier molecular flexibility index (Phi) is 5.63. The SMILES string of the molecule is [2H]c1c([2H])c([2H])c2c([2H])c(-c3cccc(N(c4ccc(-c5ccccc5)cc4)c4ccc5ccc6c7ccccc7n(-c7ccccc7)c6c5c4)c3)c([2H])c([2H])c2c1[2H]. The van der Waals surface area contributed by atoms with E-state index in [1.165, 1.54) is 0 Å². The van der Waals surface area contributed by atoms with Gasteiger partial charge in [0, 0.05) is 38.9 Å². The van der Waals surface area contributed by atoms with Crippen molar-refractivity contribution in [1.82, 2.24) is 4.57 Å². The molecule has 0 saturated heterocycles. The highest BCUT2D eigenvalue weighted by Gasteiger charge is 2.18. The van der Waals surface area contributed by atoms with Crippen LogP contribution in [0.2, 0.25) is 0 Å². The second-order valence-corrected chi connectivity index (χ2v) is 12.9. The minimum absolute atomic E-state index is 0.0712. The van der Waals surface area contributed by atoms with Crippen LogP contribution < -0.4 is 4.90 Å². The fourth-order valence-electron chi connectivity index (χ4n) is 7.36. The van der Waals surface area contributed by atoms with Crippen LogP contribution in [0.3, 0.4) is 0 Å². The maximum absolute atomic E-state index is 9.27. The summed E-state index contributed by atoms with van der Waals surface area (Å²) in [5.41, 5.74) is 8.53. The maximum Gasteiger partial charge on any atom is 0.0636 e. The zero-order chi connectivity index (χ0) is 40.5. The van der Waals surface area contributed by atoms with Crippen LogP contribution in [0, 0.1) is 0 Å². The Morgan fingerprint density at radius 2 is 1.08 bits per heavy atom. The summed E-state index contributed by atoms with van der Waals surface area (Å²) in [6.45, 7) is 0. The van der Waals surface area contributed by atoms with Crippen LogP contribution in [0.1, 0.15) is 9.60 Å². The molecule has 0 unspecified atom stereocenters. The molecule has 0 bridgehead atoms. The first kappa shape index (κ1) is 23.5. The Morgan fingerprint density at radius 3 is 1.92 bits per heavy atom. The Morgan fingerprint density at radius 1 is 0.404 bits per heavy atom. The summed E-state index contributed by atoms with van der Waals surface area (Å²) in [6.07, 6.45) is 0. The van der Waals surface area contributed by atoms with Gasteiger partial charge in [-0.2, -0.15) is 0 Å². The molecule has 0 radical (unpaired) electrons. The molecular weight excluding hydrogens is 629 g/mol. The molecule has 0 saturated carbocycles. The van der Waals surface area contributed by atoms with Crippen molar-refractivity contribution in [2.45, 2.75) is 0 Å². The Bertz CT molecular complexity index is 3290. The molecule has 0 N–H and O–H groups in total. The monoisotopic (exact) mass is 669 g/mol. The summed E-state index contributed by atoms with van der Waals surface area (Å²) in [5, 5.41) is 4.24. The van der Waals surface area contributed by atoms with Crippen LogP contribution in [0.25, 0.3) is 71.3 Å². The second-order valence-electron chi connectivity index (χ2n) is 12.9. The van der Waals surface area contributed by atoms with Crippen molar-refractivity contribution in [3.05, 3.63) is 206 Å². The van der Waals surface area contributed by atoms with Gasteiger partial charge in [0.05, 0.1) is 20.6 Å². The van der Waals surface area contributed by atoms with Crippen molar-refractivity contribution >= 4 is 60.4 Å². The second kappa shape index (κ2) is 12.5. The molecule has 0 aliphatic carbocycles. The number of hydrogen-bond donors (Lipinski definition) is 0. The van der Waals surface area contributed by atoms with Gasteiger partial charge in [-0.1, -0.05) is 145 Å². The molecule has 0 fully saturated rings. The van der Waals surface area contributed by atoms with Crippen LogP contribution in [-0.2, 0) is 0 Å². The quantitative estimate of drug-likeness (QED) is 0.171. The van der Waals surface area contributed by atoms with Crippen LogP contribution >= 0.6 is 0 Å². The summed E-state index contributed by atoms with van der Waals surface area (Å²) in [6, 6.07) is 53.1. The van der Waals surface area contributed by atoms with Gasteiger partial charge in [0.15, 0.2) is 0 Å². The number of aromatic nitrogens is 1. The van der Waals surface area contributed by atoms with E-state index in [1.807, 2.05) is 42.5 Å². The average molecular weight is 670 g/mol. The van der Waals surface area contributed by atoms with Gasteiger partial charge in [0.1, 0.15) is 0 Å². The van der Waals surface area contributed by atoms with Gasteiger partial charge in [-0.15, -0.1) is 0 Å². The summed E-state index contributed by atoms with van der Waals surface area (Å²) < 4.78 is 63.3. The van der Waals surface area contributed by atoms with Gasteiger partial charge in [-0.05, 0) is 99.1 Å². The number of anilines is 3. The molecule has 9 aromatic carbocycles. The number of nitrogens with zero attached hydrogens (tertiary/aromatic N) is 2. The summed E-state index contributed by atoms with van der Waals surface area (Å²) in [7, 11) is 0. The third-order valence-corrected chi connectivity index (χ3v) is 9.78. The highest BCUT2D eigenvalue weighted by molar-refractivity contribution is 6.19. The van der Waals surface area contributed by atoms with Crippen molar-refractivity contribution in [2.24, 2.45) is 0 Å². The van der Waals surface area contributed by atoms with Gasteiger partial charge >= 0.3 is 0 Å². The molecule has 2 heteroatoms. The normalized spacial score (nSPS) is 13.3. The standard InChI is InChI=1S/C50H34N2/c1-3-12-35(13-4-1)37-24-28-43(29-25-37)51(44-19-11-16-40(33-44)41-23-22-36-14-7-8-15-39(36)32-41)45-30-26-38-27-31-47-46-20-9-10-21-49(46)52(50(47)48(38)34-45)42-17-5-2-6-18-42/h1-34H/i7D,8D,14D,15D,22D,23D,32D. The lowest BCUT2D eigenvalue weighted by Crippen LogP contribution is -2.10. The summed E-state index contributed by atoms with van der Waals surface area (Å²) >= 11 is 0. The molecule has 0 aliphatic rings. The Balaban J connectivity index is 1.22. The molecule has 52 heavy (non-hydrogen) atoms.